The van der Waals surface area contributed by atoms with Crippen LogP contribution in [0.1, 0.15) is 16.7 Å². The largest absolute Gasteiger partial charge is 0.416 e. The summed E-state index contributed by atoms with van der Waals surface area (Å²) in [5.41, 5.74) is 1.12. The molecule has 0 aliphatic carbocycles. The summed E-state index contributed by atoms with van der Waals surface area (Å²) in [5.74, 6) is -0.131. The fourth-order valence-electron chi connectivity index (χ4n) is 2.47. The van der Waals surface area contributed by atoms with Crippen LogP contribution in [0.25, 0.3) is 0 Å². The van der Waals surface area contributed by atoms with Crippen LogP contribution < -0.4 is 5.32 Å². The van der Waals surface area contributed by atoms with Crippen LogP contribution in [0.4, 0.5) is 13.2 Å². The van der Waals surface area contributed by atoms with Crippen LogP contribution in [-0.2, 0) is 23.9 Å². The molecule has 7 heteroatoms. The summed E-state index contributed by atoms with van der Waals surface area (Å²) in [4.78, 5) is 13.7. The molecule has 0 aliphatic heterocycles. The molecule has 0 spiro atoms. The third kappa shape index (κ3) is 6.69. The van der Waals surface area contributed by atoms with Gasteiger partial charge in [-0.2, -0.15) is 13.2 Å². The van der Waals surface area contributed by atoms with Gasteiger partial charge in [-0.15, -0.1) is 0 Å². The van der Waals surface area contributed by atoms with Crippen molar-refractivity contribution in [2.75, 3.05) is 20.1 Å². The molecule has 0 heterocycles. The van der Waals surface area contributed by atoms with Gasteiger partial charge in [-0.05, 0) is 48.9 Å². The smallest absolute Gasteiger partial charge is 0.355 e. The fraction of sp³-hybridized carbons (Fsp3) is 0.316. The molecule has 26 heavy (non-hydrogen) atoms. The van der Waals surface area contributed by atoms with Gasteiger partial charge in [0.05, 0.1) is 12.1 Å². The van der Waals surface area contributed by atoms with Gasteiger partial charge in [0.2, 0.25) is 5.91 Å². The molecular formula is C19H20ClF3N2O. The van der Waals surface area contributed by atoms with Gasteiger partial charge >= 0.3 is 6.18 Å². The van der Waals surface area contributed by atoms with Crippen LogP contribution in [0.5, 0.6) is 0 Å². The van der Waals surface area contributed by atoms with E-state index >= 15 is 0 Å². The Labute approximate surface area is 155 Å². The van der Waals surface area contributed by atoms with Crippen LogP contribution in [0.2, 0.25) is 5.02 Å². The van der Waals surface area contributed by atoms with E-state index in [0.29, 0.717) is 24.5 Å². The van der Waals surface area contributed by atoms with E-state index in [4.69, 9.17) is 11.6 Å². The molecule has 0 saturated heterocycles. The number of amides is 1. The van der Waals surface area contributed by atoms with Crippen LogP contribution >= 0.6 is 11.6 Å². The average molecular weight is 385 g/mol. The molecular weight excluding hydrogens is 365 g/mol. The average Bonchev–Trinajstić information content (AvgIpc) is 2.56. The molecule has 0 aromatic heterocycles. The number of nitrogens with zero attached hydrogens (tertiary/aromatic N) is 1. The van der Waals surface area contributed by atoms with E-state index < -0.39 is 11.7 Å². The first kappa shape index (κ1) is 20.3. The molecule has 1 N–H and O–H groups in total. The zero-order valence-electron chi connectivity index (χ0n) is 14.3. The topological polar surface area (TPSA) is 32.3 Å². The normalized spacial score (nSPS) is 11.6. The van der Waals surface area contributed by atoms with Crippen molar-refractivity contribution in [2.24, 2.45) is 0 Å². The summed E-state index contributed by atoms with van der Waals surface area (Å²) in [7, 11) is 1.75. The van der Waals surface area contributed by atoms with Gasteiger partial charge in [-0.1, -0.05) is 35.9 Å². The van der Waals surface area contributed by atoms with Crippen LogP contribution in [0.15, 0.2) is 48.5 Å². The van der Waals surface area contributed by atoms with Crippen LogP contribution in [0, 0.1) is 0 Å². The van der Waals surface area contributed by atoms with Crippen molar-refractivity contribution in [2.45, 2.75) is 19.1 Å². The summed E-state index contributed by atoms with van der Waals surface area (Å²) >= 11 is 5.82. The maximum atomic E-state index is 12.5. The first-order valence-corrected chi connectivity index (χ1v) is 8.47. The minimum atomic E-state index is -4.34. The highest BCUT2D eigenvalue weighted by Gasteiger charge is 2.29. The van der Waals surface area contributed by atoms with Crippen LogP contribution in [0.3, 0.4) is 0 Å². The monoisotopic (exact) mass is 384 g/mol. The second kappa shape index (κ2) is 9.05. The lowest BCUT2D eigenvalue weighted by Gasteiger charge is -2.17. The molecule has 3 nitrogen and oxygen atoms in total. The third-order valence-electron chi connectivity index (χ3n) is 3.80. The first-order chi connectivity index (χ1) is 12.2. The Morgan fingerprint density at radius 3 is 2.19 bits per heavy atom. The first-order valence-electron chi connectivity index (χ1n) is 8.10. The summed E-state index contributed by atoms with van der Waals surface area (Å²) in [5, 5.41) is 3.50. The van der Waals surface area contributed by atoms with Crippen molar-refractivity contribution in [3.8, 4) is 0 Å². The number of nitrogens with one attached hydrogen (secondary N) is 1. The van der Waals surface area contributed by atoms with Gasteiger partial charge in [-0.25, -0.2) is 0 Å². The SMILES string of the molecule is CN(CC(=O)NCCc1ccc(Cl)cc1)Cc1ccc(C(F)(F)F)cc1. The van der Waals surface area contributed by atoms with Gasteiger partial charge in [-0.3, -0.25) is 9.69 Å². The highest BCUT2D eigenvalue weighted by Crippen LogP contribution is 2.29. The van der Waals surface area contributed by atoms with Crippen molar-refractivity contribution in [1.29, 1.82) is 0 Å². The molecule has 2 rings (SSSR count). The number of carbonyl (C=O) groups is 1. The lowest BCUT2D eigenvalue weighted by molar-refractivity contribution is -0.137. The number of alkyl halides is 3. The summed E-state index contributed by atoms with van der Waals surface area (Å²) in [6.45, 7) is 1.07. The molecule has 0 saturated carbocycles. The van der Waals surface area contributed by atoms with Gasteiger partial charge in [0.1, 0.15) is 0 Å². The number of benzene rings is 2. The third-order valence-corrected chi connectivity index (χ3v) is 4.05. The fourth-order valence-corrected chi connectivity index (χ4v) is 2.59. The number of halogens is 4. The van der Waals surface area contributed by atoms with E-state index in [0.717, 1.165) is 23.3 Å². The number of hydrogen-bond acceptors (Lipinski definition) is 2. The second-order valence-corrected chi connectivity index (χ2v) is 6.53. The van der Waals surface area contributed by atoms with Gasteiger partial charge in [0, 0.05) is 18.1 Å². The highest BCUT2D eigenvalue weighted by molar-refractivity contribution is 6.30. The molecule has 0 fully saturated rings. The van der Waals surface area contributed by atoms with Crippen molar-refractivity contribution >= 4 is 17.5 Å². The molecule has 0 bridgehead atoms. The quantitative estimate of drug-likeness (QED) is 0.777. The number of likely N-dealkylation sites (N-methyl/N-ethyl adjacent to an activating group) is 1. The number of hydrogen-bond donors (Lipinski definition) is 1. The molecule has 0 aliphatic rings. The van der Waals surface area contributed by atoms with Gasteiger partial charge < -0.3 is 5.32 Å². The van der Waals surface area contributed by atoms with Crippen LogP contribution in [-0.4, -0.2) is 30.9 Å². The molecule has 0 atom stereocenters. The molecule has 140 valence electrons. The van der Waals surface area contributed by atoms with E-state index in [1.54, 1.807) is 24.1 Å². The molecule has 2 aromatic rings. The number of carbonyl (C=O) groups excluding carboxylic acids is 1. The van der Waals surface area contributed by atoms with Gasteiger partial charge in [0.15, 0.2) is 0 Å². The maximum absolute atomic E-state index is 12.5. The molecule has 0 unspecified atom stereocenters. The Morgan fingerprint density at radius 2 is 1.62 bits per heavy atom. The standard InChI is InChI=1S/C19H20ClF3N2O/c1-25(12-15-2-6-16(7-3-15)19(21,22)23)13-18(26)24-11-10-14-4-8-17(20)9-5-14/h2-9H,10-13H2,1H3,(H,24,26). The second-order valence-electron chi connectivity index (χ2n) is 6.09. The lowest BCUT2D eigenvalue weighted by Crippen LogP contribution is -2.35. The zero-order chi connectivity index (χ0) is 19.2. The number of rotatable bonds is 7. The van der Waals surface area contributed by atoms with E-state index in [1.165, 1.54) is 12.1 Å². The molecule has 1 amide bonds. The van der Waals surface area contributed by atoms with E-state index in [9.17, 15) is 18.0 Å². The highest BCUT2D eigenvalue weighted by atomic mass is 35.5. The van der Waals surface area contributed by atoms with Crippen molar-refractivity contribution in [3.63, 3.8) is 0 Å². The van der Waals surface area contributed by atoms with E-state index in [1.807, 2.05) is 12.1 Å². The maximum Gasteiger partial charge on any atom is 0.416 e. The minimum absolute atomic E-state index is 0.131. The Hall–Kier alpha value is -2.05. The van der Waals surface area contributed by atoms with Crippen molar-refractivity contribution < 1.29 is 18.0 Å². The van der Waals surface area contributed by atoms with Crippen molar-refractivity contribution in [3.05, 3.63) is 70.2 Å². The predicted octanol–water partition coefficient (Wildman–Crippen LogP) is 4.15. The summed E-state index contributed by atoms with van der Waals surface area (Å²) in [6, 6.07) is 12.4. The predicted molar refractivity (Wildman–Crippen MR) is 95.9 cm³/mol. The lowest BCUT2D eigenvalue weighted by atomic mass is 10.1. The Morgan fingerprint density at radius 1 is 1.04 bits per heavy atom. The summed E-state index contributed by atoms with van der Waals surface area (Å²) < 4.78 is 37.6. The molecule has 2 aromatic carbocycles. The Kier molecular flexibility index (Phi) is 7.06. The Bertz CT molecular complexity index is 715. The zero-order valence-corrected chi connectivity index (χ0v) is 15.1. The molecule has 0 radical (unpaired) electrons. The minimum Gasteiger partial charge on any atom is -0.355 e. The van der Waals surface area contributed by atoms with E-state index in [2.05, 4.69) is 5.32 Å². The van der Waals surface area contributed by atoms with Crippen molar-refractivity contribution in [1.82, 2.24) is 10.2 Å². The van der Waals surface area contributed by atoms with Gasteiger partial charge in [0.25, 0.3) is 0 Å². The Balaban J connectivity index is 1.73. The van der Waals surface area contributed by atoms with E-state index in [-0.39, 0.29) is 12.5 Å². The summed E-state index contributed by atoms with van der Waals surface area (Å²) in [6.07, 6.45) is -3.64.